The molecule has 1 saturated heterocycles. The molecule has 2 atom stereocenters. The molecule has 0 amide bonds. The maximum atomic E-state index is 14.8. The molecule has 1 aliphatic heterocycles. The van der Waals surface area contributed by atoms with E-state index in [-0.39, 0.29) is 52.7 Å². The van der Waals surface area contributed by atoms with Crippen molar-refractivity contribution in [2.45, 2.75) is 57.4 Å². The molecule has 10 heteroatoms. The van der Waals surface area contributed by atoms with E-state index in [1.54, 1.807) is 42.9 Å². The summed E-state index contributed by atoms with van der Waals surface area (Å²) < 4.78 is 21.5. The Balaban J connectivity index is 0.00000380. The summed E-state index contributed by atoms with van der Waals surface area (Å²) in [7, 11) is 0. The van der Waals surface area contributed by atoms with Crippen LogP contribution in [-0.4, -0.2) is 56.5 Å². The van der Waals surface area contributed by atoms with Gasteiger partial charge in [-0.15, -0.1) is 12.4 Å². The van der Waals surface area contributed by atoms with Crippen LogP contribution in [0, 0.1) is 11.7 Å². The zero-order chi connectivity index (χ0) is 25.7. The van der Waals surface area contributed by atoms with Gasteiger partial charge in [0, 0.05) is 42.9 Å². The number of likely N-dealkylation sites (tertiary alicyclic amines) is 1. The van der Waals surface area contributed by atoms with Gasteiger partial charge >= 0.3 is 5.97 Å². The number of thioether (sulfide) groups is 1. The van der Waals surface area contributed by atoms with Crippen LogP contribution in [0.2, 0.25) is 0 Å². The molecule has 2 aromatic rings. The molecular weight excluding hydrogens is 517 g/mol. The Bertz CT molecular complexity index is 1150. The summed E-state index contributed by atoms with van der Waals surface area (Å²) in [6.07, 6.45) is 6.36. The summed E-state index contributed by atoms with van der Waals surface area (Å²) in [5.41, 5.74) is 2.09. The first-order chi connectivity index (χ1) is 17.4. The number of ether oxygens (including phenoxy) is 1. The third-order valence-corrected chi connectivity index (χ3v) is 7.60. The number of nitrogens with zero attached hydrogens (tertiary/aromatic N) is 3. The molecule has 0 N–H and O–H groups in total. The van der Waals surface area contributed by atoms with Crippen molar-refractivity contribution in [1.29, 1.82) is 0 Å². The van der Waals surface area contributed by atoms with Gasteiger partial charge in [0.25, 0.3) is 0 Å². The highest BCUT2D eigenvalue weighted by Gasteiger charge is 2.41. The number of carbonyl (C=O) groups excluding carboxylic acids is 3. The maximum absolute atomic E-state index is 14.8. The van der Waals surface area contributed by atoms with E-state index in [1.165, 1.54) is 17.8 Å². The zero-order valence-corrected chi connectivity index (χ0v) is 22.7. The minimum Gasteiger partial charge on any atom is -0.466 e. The quantitative estimate of drug-likeness (QED) is 0.392. The monoisotopic (exact) mass is 549 g/mol. The Morgan fingerprint density at radius 3 is 2.65 bits per heavy atom. The summed E-state index contributed by atoms with van der Waals surface area (Å²) in [6.45, 7) is 5.11. The average molecular weight is 550 g/mol. The summed E-state index contributed by atoms with van der Waals surface area (Å²) in [4.78, 5) is 39.0. The number of aryl methyl sites for hydroxylation is 1. The first-order valence-corrected chi connectivity index (χ1v) is 13.3. The molecule has 4 rings (SSSR count). The maximum Gasteiger partial charge on any atom is 0.307 e. The van der Waals surface area contributed by atoms with Gasteiger partial charge in [-0.2, -0.15) is 5.10 Å². The molecular formula is C27H33ClFN3O4S. The number of Topliss-reactive ketones (excluding diaryl/α,β-unsaturated/α-hetero) is 1. The Morgan fingerprint density at radius 1 is 1.22 bits per heavy atom. The fraction of sp³-hybridized carbons (Fsp3) is 0.481. The number of benzene rings is 1. The number of esters is 1. The lowest BCUT2D eigenvalue weighted by Gasteiger charge is -2.38. The van der Waals surface area contributed by atoms with Crippen molar-refractivity contribution in [2.24, 2.45) is 5.92 Å². The fourth-order valence-electron chi connectivity index (χ4n) is 4.60. The second-order valence-electron chi connectivity index (χ2n) is 9.24. The third-order valence-electron chi connectivity index (χ3n) is 6.45. The van der Waals surface area contributed by atoms with Crippen LogP contribution in [0.3, 0.4) is 0 Å². The first-order valence-electron chi connectivity index (χ1n) is 12.4. The largest absolute Gasteiger partial charge is 0.466 e. The lowest BCUT2D eigenvalue weighted by atomic mass is 9.93. The zero-order valence-electron chi connectivity index (χ0n) is 21.1. The Labute approximate surface area is 227 Å². The summed E-state index contributed by atoms with van der Waals surface area (Å²) in [6, 6.07) is 7.72. The van der Waals surface area contributed by atoms with Gasteiger partial charge in [0.2, 0.25) is 0 Å². The molecule has 0 spiro atoms. The number of ketones is 1. The van der Waals surface area contributed by atoms with Gasteiger partial charge in [-0.05, 0) is 50.0 Å². The summed E-state index contributed by atoms with van der Waals surface area (Å²) >= 11 is 1.28. The standard InChI is InChI=1S/C27H32FN3O4S.ClH/c1-3-35-25(33)12-15-31-14-10-21(29-31)16-20-17-30(13-11-24(20)36-18(2)32)26(27(34)19-8-9-19)22-6-4-5-7-23(22)28;/h4-7,10,14,16,19,24,26H,3,8-9,11-13,15,17H2,1-2H3;1H/b20-16+;. The van der Waals surface area contributed by atoms with Crippen molar-refractivity contribution >= 4 is 47.1 Å². The molecule has 1 aliphatic carbocycles. The highest BCUT2D eigenvalue weighted by molar-refractivity contribution is 8.14. The van der Waals surface area contributed by atoms with Crippen molar-refractivity contribution < 1.29 is 23.5 Å². The number of halogens is 2. The predicted molar refractivity (Wildman–Crippen MR) is 144 cm³/mol. The molecule has 2 heterocycles. The van der Waals surface area contributed by atoms with Crippen molar-refractivity contribution in [3.63, 3.8) is 0 Å². The molecule has 2 aliphatic rings. The van der Waals surface area contributed by atoms with Crippen LogP contribution in [0.15, 0.2) is 42.1 Å². The van der Waals surface area contributed by atoms with Gasteiger partial charge in [0.15, 0.2) is 10.9 Å². The van der Waals surface area contributed by atoms with Crippen molar-refractivity contribution in [3.8, 4) is 0 Å². The Kier molecular flexibility index (Phi) is 10.5. The second kappa shape index (κ2) is 13.3. The van der Waals surface area contributed by atoms with E-state index in [1.807, 2.05) is 17.0 Å². The van der Waals surface area contributed by atoms with E-state index in [4.69, 9.17) is 4.74 Å². The minimum absolute atomic E-state index is 0. The summed E-state index contributed by atoms with van der Waals surface area (Å²) in [5.74, 6) is -0.585. The van der Waals surface area contributed by atoms with Crippen LogP contribution < -0.4 is 0 Å². The number of carbonyl (C=O) groups is 3. The van der Waals surface area contributed by atoms with Crippen LogP contribution in [0.4, 0.5) is 4.39 Å². The summed E-state index contributed by atoms with van der Waals surface area (Å²) in [5, 5.41) is 4.54. The molecule has 37 heavy (non-hydrogen) atoms. The first kappa shape index (κ1) is 29.1. The highest BCUT2D eigenvalue weighted by atomic mass is 35.5. The van der Waals surface area contributed by atoms with Crippen LogP contribution in [-0.2, 0) is 25.7 Å². The molecule has 1 aromatic heterocycles. The van der Waals surface area contributed by atoms with E-state index < -0.39 is 6.04 Å². The Hall–Kier alpha value is -2.49. The lowest BCUT2D eigenvalue weighted by molar-refractivity contribution is -0.143. The minimum atomic E-state index is -0.646. The smallest absolute Gasteiger partial charge is 0.307 e. The van der Waals surface area contributed by atoms with Gasteiger partial charge in [-0.3, -0.25) is 24.0 Å². The topological polar surface area (TPSA) is 81.5 Å². The second-order valence-corrected chi connectivity index (χ2v) is 10.6. The van der Waals surface area contributed by atoms with E-state index in [0.29, 0.717) is 43.9 Å². The van der Waals surface area contributed by atoms with Gasteiger partial charge in [0.05, 0.1) is 31.3 Å². The number of hydrogen-bond donors (Lipinski definition) is 0. The van der Waals surface area contributed by atoms with Crippen LogP contribution >= 0.6 is 24.2 Å². The molecule has 2 fully saturated rings. The van der Waals surface area contributed by atoms with E-state index >= 15 is 0 Å². The Morgan fingerprint density at radius 2 is 1.97 bits per heavy atom. The molecule has 0 radical (unpaired) electrons. The predicted octanol–water partition coefficient (Wildman–Crippen LogP) is 4.86. The average Bonchev–Trinajstić information content (AvgIpc) is 3.60. The van der Waals surface area contributed by atoms with Crippen LogP contribution in [0.25, 0.3) is 6.08 Å². The molecule has 1 saturated carbocycles. The lowest BCUT2D eigenvalue weighted by Crippen LogP contribution is -2.43. The molecule has 2 unspecified atom stereocenters. The molecule has 0 bridgehead atoms. The highest BCUT2D eigenvalue weighted by Crippen LogP contribution is 2.40. The molecule has 1 aromatic carbocycles. The molecule has 200 valence electrons. The van der Waals surface area contributed by atoms with Crippen molar-refractivity contribution in [2.75, 3.05) is 19.7 Å². The van der Waals surface area contributed by atoms with Crippen LogP contribution in [0.5, 0.6) is 0 Å². The van der Waals surface area contributed by atoms with Gasteiger partial charge in [-0.25, -0.2) is 4.39 Å². The number of piperidine rings is 1. The van der Waals surface area contributed by atoms with Gasteiger partial charge in [0.1, 0.15) is 5.82 Å². The fourth-order valence-corrected chi connectivity index (χ4v) is 5.52. The SMILES string of the molecule is CCOC(=O)CCn1ccc(/C=C2\CN(C(C(=O)C3CC3)c3ccccc3F)CCC2SC(C)=O)n1.Cl. The van der Waals surface area contributed by atoms with E-state index in [2.05, 4.69) is 5.10 Å². The van der Waals surface area contributed by atoms with Gasteiger partial charge < -0.3 is 4.74 Å². The van der Waals surface area contributed by atoms with E-state index in [9.17, 15) is 18.8 Å². The number of aromatic nitrogens is 2. The number of rotatable bonds is 10. The van der Waals surface area contributed by atoms with Crippen molar-refractivity contribution in [3.05, 3.63) is 59.2 Å². The number of hydrogen-bond acceptors (Lipinski definition) is 7. The third kappa shape index (κ3) is 7.75. The normalized spacial score (nSPS) is 19.8. The van der Waals surface area contributed by atoms with E-state index in [0.717, 1.165) is 18.4 Å². The van der Waals surface area contributed by atoms with Gasteiger partial charge in [-0.1, -0.05) is 30.0 Å². The van der Waals surface area contributed by atoms with Crippen LogP contribution in [0.1, 0.15) is 56.8 Å². The van der Waals surface area contributed by atoms with Crippen molar-refractivity contribution in [1.82, 2.24) is 14.7 Å². The molecule has 7 nitrogen and oxygen atoms in total.